The van der Waals surface area contributed by atoms with Gasteiger partial charge in [-0.1, -0.05) is 12.1 Å². The van der Waals surface area contributed by atoms with Crippen LogP contribution < -0.4 is 4.74 Å². The van der Waals surface area contributed by atoms with Crippen molar-refractivity contribution in [2.45, 2.75) is 27.1 Å². The number of carbonyl (C=O) groups is 2. The van der Waals surface area contributed by atoms with Crippen LogP contribution in [0.2, 0.25) is 0 Å². The SMILES string of the molecule is CCOC(=O)Oc1ncc2[nH]c3cccc(COC(C)=O)c3c2c1COC. The zero-order valence-corrected chi connectivity index (χ0v) is 15.3. The lowest BCUT2D eigenvalue weighted by Gasteiger charge is -2.11. The Hall–Kier alpha value is -3.13. The predicted octanol–water partition coefficient (Wildman–Crippen LogP) is 3.46. The van der Waals surface area contributed by atoms with Gasteiger partial charge >= 0.3 is 12.1 Å². The number of methoxy groups -OCH3 is 1. The minimum Gasteiger partial charge on any atom is -0.461 e. The zero-order valence-electron chi connectivity index (χ0n) is 15.3. The van der Waals surface area contributed by atoms with Gasteiger partial charge in [-0.15, -0.1) is 0 Å². The van der Waals surface area contributed by atoms with Gasteiger partial charge in [-0.3, -0.25) is 4.79 Å². The smallest absolute Gasteiger partial charge is 0.461 e. The maximum absolute atomic E-state index is 11.8. The summed E-state index contributed by atoms with van der Waals surface area (Å²) in [6.07, 6.45) is 0.750. The summed E-state index contributed by atoms with van der Waals surface area (Å²) in [5, 5.41) is 1.65. The minimum atomic E-state index is -0.832. The first kappa shape index (κ1) is 18.7. The van der Waals surface area contributed by atoms with E-state index in [1.54, 1.807) is 20.2 Å². The number of ether oxygens (including phenoxy) is 4. The summed E-state index contributed by atoms with van der Waals surface area (Å²) in [4.78, 5) is 30.5. The lowest BCUT2D eigenvalue weighted by molar-refractivity contribution is -0.142. The van der Waals surface area contributed by atoms with Crippen molar-refractivity contribution in [3.8, 4) is 5.88 Å². The molecule has 0 amide bonds. The number of benzene rings is 1. The predicted molar refractivity (Wildman–Crippen MR) is 97.4 cm³/mol. The molecule has 2 heterocycles. The van der Waals surface area contributed by atoms with Crippen LogP contribution in [0.25, 0.3) is 21.8 Å². The average Bonchev–Trinajstić information content (AvgIpc) is 3.01. The zero-order chi connectivity index (χ0) is 19.4. The molecule has 8 nitrogen and oxygen atoms in total. The Labute approximate surface area is 155 Å². The molecule has 27 heavy (non-hydrogen) atoms. The Morgan fingerprint density at radius 2 is 1.93 bits per heavy atom. The molecule has 0 bridgehead atoms. The van der Waals surface area contributed by atoms with Gasteiger partial charge in [-0.05, 0) is 18.6 Å². The molecule has 2 aromatic heterocycles. The molecule has 0 unspecified atom stereocenters. The molecule has 0 saturated heterocycles. The van der Waals surface area contributed by atoms with Gasteiger partial charge < -0.3 is 23.9 Å². The molecule has 1 aromatic carbocycles. The molecular formula is C19H20N2O6. The Balaban J connectivity index is 2.19. The standard InChI is InChI=1S/C19H20N2O6/c1-4-25-19(23)27-18-13(10-24-3)17-15(8-20-18)21-14-7-5-6-12(16(14)17)9-26-11(2)22/h5-8,21H,4,9-10H2,1-3H3. The lowest BCUT2D eigenvalue weighted by atomic mass is 10.0. The summed E-state index contributed by atoms with van der Waals surface area (Å²) in [5.74, 6) is -0.247. The van der Waals surface area contributed by atoms with E-state index in [1.165, 1.54) is 6.92 Å². The van der Waals surface area contributed by atoms with Gasteiger partial charge in [0.25, 0.3) is 0 Å². The number of aromatic nitrogens is 2. The average molecular weight is 372 g/mol. The molecular weight excluding hydrogens is 352 g/mol. The number of carbonyl (C=O) groups excluding carboxylic acids is 2. The van der Waals surface area contributed by atoms with Crippen molar-refractivity contribution in [3.63, 3.8) is 0 Å². The Morgan fingerprint density at radius 1 is 1.11 bits per heavy atom. The van der Waals surface area contributed by atoms with E-state index in [1.807, 2.05) is 18.2 Å². The second-order valence-electron chi connectivity index (χ2n) is 5.79. The first-order valence-corrected chi connectivity index (χ1v) is 8.43. The number of fused-ring (bicyclic) bond motifs is 3. The number of nitrogens with zero attached hydrogens (tertiary/aromatic N) is 1. The van der Waals surface area contributed by atoms with E-state index in [2.05, 4.69) is 9.97 Å². The van der Waals surface area contributed by atoms with Gasteiger partial charge in [0.05, 0.1) is 30.5 Å². The maximum Gasteiger partial charge on any atom is 0.515 e. The van der Waals surface area contributed by atoms with E-state index in [9.17, 15) is 9.59 Å². The number of pyridine rings is 1. The summed E-state index contributed by atoms with van der Waals surface area (Å²) >= 11 is 0. The summed E-state index contributed by atoms with van der Waals surface area (Å²) in [5.41, 5.74) is 3.02. The Bertz CT molecular complexity index is 995. The van der Waals surface area contributed by atoms with Crippen molar-refractivity contribution < 1.29 is 28.5 Å². The van der Waals surface area contributed by atoms with Gasteiger partial charge in [0, 0.05) is 30.3 Å². The number of esters is 1. The Morgan fingerprint density at radius 3 is 2.63 bits per heavy atom. The van der Waals surface area contributed by atoms with Crippen LogP contribution in [0.4, 0.5) is 4.79 Å². The van der Waals surface area contributed by atoms with Gasteiger partial charge in [0.15, 0.2) is 0 Å². The molecule has 0 spiro atoms. The van der Waals surface area contributed by atoms with Gasteiger partial charge in [-0.25, -0.2) is 9.78 Å². The number of rotatable bonds is 6. The van der Waals surface area contributed by atoms with Crippen molar-refractivity contribution in [1.82, 2.24) is 9.97 Å². The van der Waals surface area contributed by atoms with Gasteiger partial charge in [-0.2, -0.15) is 0 Å². The molecule has 0 atom stereocenters. The number of hydrogen-bond donors (Lipinski definition) is 1. The molecule has 0 fully saturated rings. The van der Waals surface area contributed by atoms with Crippen molar-refractivity contribution in [2.24, 2.45) is 0 Å². The van der Waals surface area contributed by atoms with E-state index in [0.29, 0.717) is 5.56 Å². The highest BCUT2D eigenvalue weighted by atomic mass is 16.7. The third-order valence-corrected chi connectivity index (χ3v) is 3.97. The molecule has 0 aliphatic heterocycles. The van der Waals surface area contributed by atoms with Crippen LogP contribution in [0.5, 0.6) is 5.88 Å². The minimum absolute atomic E-state index is 0.117. The molecule has 8 heteroatoms. The highest BCUT2D eigenvalue weighted by Crippen LogP contribution is 2.35. The third kappa shape index (κ3) is 3.85. The monoisotopic (exact) mass is 372 g/mol. The molecule has 0 saturated carbocycles. The molecule has 0 aliphatic rings. The lowest BCUT2D eigenvalue weighted by Crippen LogP contribution is -2.12. The van der Waals surface area contributed by atoms with Crippen LogP contribution in [0.1, 0.15) is 25.0 Å². The fourth-order valence-corrected chi connectivity index (χ4v) is 2.95. The highest BCUT2D eigenvalue weighted by Gasteiger charge is 2.20. The van der Waals surface area contributed by atoms with Crippen molar-refractivity contribution >= 4 is 33.9 Å². The summed E-state index contributed by atoms with van der Waals surface area (Å²) in [7, 11) is 1.54. The highest BCUT2D eigenvalue weighted by molar-refractivity contribution is 6.11. The second kappa shape index (κ2) is 8.05. The summed E-state index contributed by atoms with van der Waals surface area (Å²) in [6, 6.07) is 5.66. The van der Waals surface area contributed by atoms with Crippen LogP contribution in [-0.2, 0) is 32.2 Å². The van der Waals surface area contributed by atoms with Crippen LogP contribution in [-0.4, -0.2) is 35.8 Å². The van der Waals surface area contributed by atoms with Crippen LogP contribution in [0, 0.1) is 0 Å². The van der Waals surface area contributed by atoms with Crippen molar-refractivity contribution in [1.29, 1.82) is 0 Å². The van der Waals surface area contributed by atoms with Gasteiger partial charge in [0.1, 0.15) is 6.61 Å². The quantitative estimate of drug-likeness (QED) is 0.661. The second-order valence-corrected chi connectivity index (χ2v) is 5.79. The van der Waals surface area contributed by atoms with Crippen molar-refractivity contribution in [3.05, 3.63) is 35.5 Å². The van der Waals surface area contributed by atoms with E-state index in [4.69, 9.17) is 18.9 Å². The fraction of sp³-hybridized carbons (Fsp3) is 0.316. The van der Waals surface area contributed by atoms with Crippen LogP contribution in [0.3, 0.4) is 0 Å². The van der Waals surface area contributed by atoms with Crippen molar-refractivity contribution in [2.75, 3.05) is 13.7 Å². The van der Waals surface area contributed by atoms with Gasteiger partial charge in [0.2, 0.25) is 5.88 Å². The third-order valence-electron chi connectivity index (χ3n) is 3.97. The number of H-pyrrole nitrogens is 1. The molecule has 142 valence electrons. The Kier molecular flexibility index (Phi) is 5.56. The summed E-state index contributed by atoms with van der Waals surface area (Å²) in [6.45, 7) is 3.55. The number of aromatic amines is 1. The van der Waals surface area contributed by atoms with E-state index >= 15 is 0 Å². The fourth-order valence-electron chi connectivity index (χ4n) is 2.95. The molecule has 1 N–H and O–H groups in total. The van der Waals surface area contributed by atoms with Crippen LogP contribution >= 0.6 is 0 Å². The van der Waals surface area contributed by atoms with E-state index in [0.717, 1.165) is 27.4 Å². The normalized spacial score (nSPS) is 10.9. The topological polar surface area (TPSA) is 99.7 Å². The molecule has 3 rings (SSSR count). The number of hydrogen-bond acceptors (Lipinski definition) is 7. The first-order valence-electron chi connectivity index (χ1n) is 8.43. The number of nitrogens with one attached hydrogen (secondary N) is 1. The molecule has 3 aromatic rings. The maximum atomic E-state index is 11.8. The summed E-state index contributed by atoms with van der Waals surface area (Å²) < 4.78 is 20.6. The molecule has 0 radical (unpaired) electrons. The first-order chi connectivity index (χ1) is 13.0. The van der Waals surface area contributed by atoms with E-state index in [-0.39, 0.29) is 31.7 Å². The molecule has 0 aliphatic carbocycles. The van der Waals surface area contributed by atoms with E-state index < -0.39 is 6.16 Å². The van der Waals surface area contributed by atoms with Crippen LogP contribution in [0.15, 0.2) is 24.4 Å². The largest absolute Gasteiger partial charge is 0.515 e.